The Balaban J connectivity index is 1.64. The summed E-state index contributed by atoms with van der Waals surface area (Å²) >= 11 is 1.30. The fourth-order valence-corrected chi connectivity index (χ4v) is 5.20. The summed E-state index contributed by atoms with van der Waals surface area (Å²) in [5.41, 5.74) is 3.16. The molecule has 0 aliphatic carbocycles. The van der Waals surface area contributed by atoms with Crippen LogP contribution in [0, 0.1) is 0 Å². The topological polar surface area (TPSA) is 128 Å². The zero-order valence-corrected chi connectivity index (χ0v) is 25.2. The molecular weight excluding hydrogens is 574 g/mol. The molecule has 5 aromatic rings. The van der Waals surface area contributed by atoms with Gasteiger partial charge in [0.15, 0.2) is 23.0 Å². The van der Waals surface area contributed by atoms with Crippen LogP contribution in [0.1, 0.15) is 5.69 Å². The molecule has 0 aliphatic heterocycles. The number of nitrogens with zero attached hydrogens (tertiary/aromatic N) is 5. The molecule has 13 heteroatoms. The molecule has 2 aromatic carbocycles. The van der Waals surface area contributed by atoms with Crippen LogP contribution in [0.5, 0.6) is 34.5 Å². The molecule has 0 aliphatic rings. The predicted octanol–water partition coefficient (Wildman–Crippen LogP) is 4.56. The van der Waals surface area contributed by atoms with Gasteiger partial charge in [-0.3, -0.25) is 9.20 Å². The first kappa shape index (κ1) is 29.5. The molecule has 3 heterocycles. The van der Waals surface area contributed by atoms with Gasteiger partial charge in [0.05, 0.1) is 48.4 Å². The molecule has 12 nitrogen and oxygen atoms in total. The highest BCUT2D eigenvalue weighted by atomic mass is 32.2. The number of methoxy groups -OCH3 is 6. The third-order valence-corrected chi connectivity index (χ3v) is 7.39. The number of pyridine rings is 1. The van der Waals surface area contributed by atoms with E-state index in [0.29, 0.717) is 79.3 Å². The van der Waals surface area contributed by atoms with Gasteiger partial charge in [0, 0.05) is 29.1 Å². The minimum Gasteiger partial charge on any atom is -0.493 e. The van der Waals surface area contributed by atoms with Crippen molar-refractivity contribution in [3.05, 3.63) is 70.8 Å². The van der Waals surface area contributed by atoms with Crippen molar-refractivity contribution in [3.63, 3.8) is 0 Å². The summed E-state index contributed by atoms with van der Waals surface area (Å²) in [5.74, 6) is 3.01. The van der Waals surface area contributed by atoms with Gasteiger partial charge in [0.1, 0.15) is 17.0 Å². The second kappa shape index (κ2) is 12.9. The molecule has 222 valence electrons. The Morgan fingerprint density at radius 2 is 1.23 bits per heavy atom. The smallest absolute Gasteiger partial charge is 0.258 e. The average molecular weight is 604 g/mol. The van der Waals surface area contributed by atoms with Crippen LogP contribution in [-0.2, 0) is 5.75 Å². The Bertz CT molecular complexity index is 1800. The lowest BCUT2D eigenvalue weighted by Crippen LogP contribution is -2.14. The summed E-state index contributed by atoms with van der Waals surface area (Å²) in [6, 6.07) is 14.0. The van der Waals surface area contributed by atoms with Crippen LogP contribution in [0.3, 0.4) is 0 Å². The summed E-state index contributed by atoms with van der Waals surface area (Å²) < 4.78 is 34.8. The third-order valence-electron chi connectivity index (χ3n) is 6.52. The molecule has 5 rings (SSSR count). The van der Waals surface area contributed by atoms with Crippen molar-refractivity contribution in [2.24, 2.45) is 0 Å². The number of rotatable bonds is 11. The lowest BCUT2D eigenvalue weighted by Gasteiger charge is -2.17. The van der Waals surface area contributed by atoms with E-state index in [1.807, 2.05) is 6.07 Å². The van der Waals surface area contributed by atoms with Crippen LogP contribution in [0.25, 0.3) is 28.2 Å². The van der Waals surface area contributed by atoms with Crippen molar-refractivity contribution in [1.29, 1.82) is 0 Å². The molecule has 0 bridgehead atoms. The van der Waals surface area contributed by atoms with Gasteiger partial charge in [-0.05, 0) is 36.4 Å². The zero-order valence-electron chi connectivity index (χ0n) is 24.4. The summed E-state index contributed by atoms with van der Waals surface area (Å²) in [6.07, 6.45) is 1.68. The van der Waals surface area contributed by atoms with Gasteiger partial charge in [-0.2, -0.15) is 0 Å². The van der Waals surface area contributed by atoms with Crippen molar-refractivity contribution in [2.75, 3.05) is 42.7 Å². The minimum atomic E-state index is -0.170. The van der Waals surface area contributed by atoms with E-state index in [4.69, 9.17) is 33.4 Å². The molecule has 3 aromatic heterocycles. The van der Waals surface area contributed by atoms with E-state index in [2.05, 4.69) is 15.2 Å². The van der Waals surface area contributed by atoms with Gasteiger partial charge in [0.25, 0.3) is 5.56 Å². The molecule has 0 unspecified atom stereocenters. The molecule has 0 atom stereocenters. The highest BCUT2D eigenvalue weighted by molar-refractivity contribution is 7.98. The fourth-order valence-electron chi connectivity index (χ4n) is 4.52. The van der Waals surface area contributed by atoms with Crippen LogP contribution in [0.2, 0.25) is 0 Å². The molecule has 43 heavy (non-hydrogen) atoms. The Labute approximate surface area is 251 Å². The minimum absolute atomic E-state index is 0.170. The first-order valence-corrected chi connectivity index (χ1v) is 13.9. The van der Waals surface area contributed by atoms with Crippen LogP contribution >= 0.6 is 11.8 Å². The Kier molecular flexibility index (Phi) is 8.81. The molecule has 0 saturated heterocycles. The van der Waals surface area contributed by atoms with Crippen molar-refractivity contribution in [1.82, 2.24) is 24.6 Å². The average Bonchev–Trinajstić information content (AvgIpc) is 3.05. The number of aromatic nitrogens is 5. The molecule has 0 radical (unpaired) electrons. The lowest BCUT2D eigenvalue weighted by molar-refractivity contribution is 0.324. The molecule has 0 saturated carbocycles. The monoisotopic (exact) mass is 603 g/mol. The standard InChI is InChI=1S/C30H29N5O7S/c1-37-20-11-17(12-21(38-2)28(20)41-5)26-27(18-13-22(39-3)29(42-6)23(14-18)40-4)33-34-30(32-26)43-16-19-15-25(36)35-10-8-7-9-24(35)31-19/h7-15H,16H2,1-6H3. The van der Waals surface area contributed by atoms with Gasteiger partial charge < -0.3 is 28.4 Å². The quantitative estimate of drug-likeness (QED) is 0.196. The van der Waals surface area contributed by atoms with E-state index < -0.39 is 0 Å². The van der Waals surface area contributed by atoms with Gasteiger partial charge in [-0.15, -0.1) is 10.2 Å². The van der Waals surface area contributed by atoms with E-state index in [-0.39, 0.29) is 5.56 Å². The summed E-state index contributed by atoms with van der Waals surface area (Å²) in [5, 5.41) is 9.36. The number of hydrogen-bond acceptors (Lipinski definition) is 12. The largest absolute Gasteiger partial charge is 0.493 e. The molecule has 0 spiro atoms. The number of thioether (sulfide) groups is 1. The van der Waals surface area contributed by atoms with Crippen molar-refractivity contribution >= 4 is 17.4 Å². The van der Waals surface area contributed by atoms with E-state index in [1.54, 1.807) is 56.8 Å². The first-order valence-electron chi connectivity index (χ1n) is 12.9. The Morgan fingerprint density at radius 1 is 0.674 bits per heavy atom. The maximum atomic E-state index is 12.6. The molecule has 0 amide bonds. The highest BCUT2D eigenvalue weighted by Gasteiger charge is 2.22. The summed E-state index contributed by atoms with van der Waals surface area (Å²) in [4.78, 5) is 22.1. The van der Waals surface area contributed by atoms with Gasteiger partial charge >= 0.3 is 0 Å². The number of fused-ring (bicyclic) bond motifs is 1. The van der Waals surface area contributed by atoms with Gasteiger partial charge in [-0.25, -0.2) is 9.97 Å². The van der Waals surface area contributed by atoms with Gasteiger partial charge in [0.2, 0.25) is 16.7 Å². The van der Waals surface area contributed by atoms with Crippen molar-refractivity contribution < 1.29 is 28.4 Å². The number of hydrogen-bond donors (Lipinski definition) is 0. The lowest BCUT2D eigenvalue weighted by atomic mass is 10.0. The highest BCUT2D eigenvalue weighted by Crippen LogP contribution is 2.45. The van der Waals surface area contributed by atoms with Crippen LogP contribution in [-0.4, -0.2) is 67.2 Å². The second-order valence-electron chi connectivity index (χ2n) is 8.92. The summed E-state index contributed by atoms with van der Waals surface area (Å²) in [6.45, 7) is 0. The maximum absolute atomic E-state index is 12.6. The van der Waals surface area contributed by atoms with Crippen molar-refractivity contribution in [2.45, 2.75) is 10.9 Å². The molecule has 0 N–H and O–H groups in total. The normalized spacial score (nSPS) is 10.8. The van der Waals surface area contributed by atoms with Crippen LogP contribution in [0.15, 0.2) is 64.7 Å². The van der Waals surface area contributed by atoms with E-state index in [1.165, 1.54) is 50.7 Å². The number of benzene rings is 2. The van der Waals surface area contributed by atoms with E-state index in [0.717, 1.165) is 0 Å². The Hall–Kier alpha value is -5.04. The van der Waals surface area contributed by atoms with E-state index >= 15 is 0 Å². The second-order valence-corrected chi connectivity index (χ2v) is 9.87. The SMILES string of the molecule is COc1cc(-c2nnc(SCc3cc(=O)n4ccccc4n3)nc2-c2cc(OC)c(OC)c(OC)c2)cc(OC)c1OC. The van der Waals surface area contributed by atoms with Crippen LogP contribution in [0.4, 0.5) is 0 Å². The third kappa shape index (κ3) is 5.84. The Morgan fingerprint density at radius 3 is 1.77 bits per heavy atom. The van der Waals surface area contributed by atoms with Crippen molar-refractivity contribution in [3.8, 4) is 57.0 Å². The van der Waals surface area contributed by atoms with Gasteiger partial charge in [-0.1, -0.05) is 17.8 Å². The van der Waals surface area contributed by atoms with Crippen LogP contribution < -0.4 is 34.0 Å². The maximum Gasteiger partial charge on any atom is 0.258 e. The first-order chi connectivity index (χ1) is 20.9. The fraction of sp³-hybridized carbons (Fsp3) is 0.233. The number of ether oxygens (including phenoxy) is 6. The molecular formula is C30H29N5O7S. The predicted molar refractivity (Wildman–Crippen MR) is 161 cm³/mol. The molecule has 0 fully saturated rings. The summed E-state index contributed by atoms with van der Waals surface area (Å²) in [7, 11) is 9.23. The zero-order chi connectivity index (χ0) is 30.5. The van der Waals surface area contributed by atoms with E-state index in [9.17, 15) is 4.79 Å².